The van der Waals surface area contributed by atoms with Crippen molar-refractivity contribution < 1.29 is 28.6 Å². The molecule has 0 aromatic rings. The number of carbonyl (C=O) groups excluding carboxylic acids is 3. The molecule has 0 aliphatic carbocycles. The summed E-state index contributed by atoms with van der Waals surface area (Å²) in [5, 5.41) is 0. The van der Waals surface area contributed by atoms with Gasteiger partial charge in [-0.05, 0) is 96.3 Å². The molecule has 63 heavy (non-hydrogen) atoms. The van der Waals surface area contributed by atoms with Crippen molar-refractivity contribution >= 4 is 17.9 Å². The van der Waals surface area contributed by atoms with Gasteiger partial charge in [0.15, 0.2) is 6.10 Å². The molecule has 0 aliphatic heterocycles. The Hall–Kier alpha value is -3.41. The summed E-state index contributed by atoms with van der Waals surface area (Å²) in [5.74, 6) is -0.921. The number of unbranched alkanes of at least 4 members (excludes halogenated alkanes) is 21. The van der Waals surface area contributed by atoms with Gasteiger partial charge in [0, 0.05) is 19.3 Å². The van der Waals surface area contributed by atoms with E-state index in [4.69, 9.17) is 14.2 Å². The van der Waals surface area contributed by atoms with Crippen molar-refractivity contribution in [1.29, 1.82) is 0 Å². The van der Waals surface area contributed by atoms with Crippen LogP contribution in [0.15, 0.2) is 85.1 Å². The fourth-order valence-electron chi connectivity index (χ4n) is 6.97. The molecule has 0 bridgehead atoms. The molecule has 0 aliphatic rings. The van der Waals surface area contributed by atoms with E-state index in [0.29, 0.717) is 19.3 Å². The second-order valence-corrected chi connectivity index (χ2v) is 17.1. The van der Waals surface area contributed by atoms with Crippen LogP contribution < -0.4 is 0 Å². The fourth-order valence-corrected chi connectivity index (χ4v) is 6.97. The summed E-state index contributed by atoms with van der Waals surface area (Å²) in [7, 11) is 0. The summed E-state index contributed by atoms with van der Waals surface area (Å²) in [6.07, 6.45) is 66.0. The molecule has 0 rings (SSSR count). The Morgan fingerprint density at radius 1 is 0.333 bits per heavy atom. The van der Waals surface area contributed by atoms with Gasteiger partial charge in [-0.25, -0.2) is 0 Å². The first-order valence-corrected chi connectivity index (χ1v) is 26.1. The van der Waals surface area contributed by atoms with Crippen LogP contribution in [0.2, 0.25) is 0 Å². The molecular weight excluding hydrogens is 781 g/mol. The van der Waals surface area contributed by atoms with Crippen LogP contribution in [0.1, 0.15) is 239 Å². The predicted octanol–water partition coefficient (Wildman–Crippen LogP) is 17.2. The molecule has 0 saturated heterocycles. The maximum absolute atomic E-state index is 12.7. The summed E-state index contributed by atoms with van der Waals surface area (Å²) in [4.78, 5) is 37.7. The van der Waals surface area contributed by atoms with Gasteiger partial charge >= 0.3 is 17.9 Å². The molecule has 0 aromatic carbocycles. The van der Waals surface area contributed by atoms with Crippen molar-refractivity contribution in [3.8, 4) is 0 Å². The quantitative estimate of drug-likeness (QED) is 0.0262. The van der Waals surface area contributed by atoms with Crippen LogP contribution in [-0.2, 0) is 28.6 Å². The number of esters is 3. The highest BCUT2D eigenvalue weighted by Gasteiger charge is 2.19. The largest absolute Gasteiger partial charge is 0.462 e. The van der Waals surface area contributed by atoms with Crippen LogP contribution in [0.4, 0.5) is 0 Å². The smallest absolute Gasteiger partial charge is 0.306 e. The average molecular weight is 877 g/mol. The van der Waals surface area contributed by atoms with Crippen molar-refractivity contribution in [2.75, 3.05) is 13.2 Å². The van der Waals surface area contributed by atoms with E-state index in [9.17, 15) is 14.4 Å². The lowest BCUT2D eigenvalue weighted by Gasteiger charge is -2.18. The molecule has 0 aromatic heterocycles. The van der Waals surface area contributed by atoms with Gasteiger partial charge in [-0.2, -0.15) is 0 Å². The number of ether oxygens (including phenoxy) is 3. The Labute approximate surface area is 388 Å². The lowest BCUT2D eigenvalue weighted by atomic mass is 10.1. The predicted molar refractivity (Wildman–Crippen MR) is 270 cm³/mol. The second-order valence-electron chi connectivity index (χ2n) is 17.1. The first-order valence-electron chi connectivity index (χ1n) is 26.1. The van der Waals surface area contributed by atoms with E-state index in [-0.39, 0.29) is 31.1 Å². The summed E-state index contributed by atoms with van der Waals surface area (Å²) < 4.78 is 16.7. The van der Waals surface area contributed by atoms with Crippen LogP contribution in [0.5, 0.6) is 0 Å². The monoisotopic (exact) mass is 877 g/mol. The molecule has 0 radical (unpaired) electrons. The second kappa shape index (κ2) is 51.2. The van der Waals surface area contributed by atoms with E-state index in [1.165, 1.54) is 77.0 Å². The van der Waals surface area contributed by atoms with Crippen molar-refractivity contribution in [2.45, 2.75) is 245 Å². The summed E-state index contributed by atoms with van der Waals surface area (Å²) in [5.41, 5.74) is 0. The van der Waals surface area contributed by atoms with Gasteiger partial charge in [0.05, 0.1) is 0 Å². The minimum absolute atomic E-state index is 0.0858. The minimum Gasteiger partial charge on any atom is -0.462 e. The van der Waals surface area contributed by atoms with Crippen LogP contribution >= 0.6 is 0 Å². The van der Waals surface area contributed by atoms with Gasteiger partial charge in [0.25, 0.3) is 0 Å². The van der Waals surface area contributed by atoms with Crippen LogP contribution in [-0.4, -0.2) is 37.2 Å². The molecule has 0 heterocycles. The molecule has 0 fully saturated rings. The standard InChI is InChI=1S/C57H96O6/c1-4-7-10-13-15-17-19-21-23-25-27-28-30-31-33-35-37-39-41-44-47-50-56(59)62-53-54(52-61-55(58)49-46-43-12-9-6-3)63-57(60)51-48-45-42-40-38-36-34-32-29-26-24-22-20-18-16-14-11-8-5-2/h7,10,15-18,21-24,27-29,32,54H,4-6,8-9,11-14,19-20,25-26,30-31,33-53H2,1-3H3/b10-7-,17-15-,18-16-,23-21-,24-22-,28-27-,32-29-. The molecular formula is C57H96O6. The molecule has 0 N–H and O–H groups in total. The van der Waals surface area contributed by atoms with Crippen molar-refractivity contribution in [3.05, 3.63) is 85.1 Å². The molecule has 0 amide bonds. The van der Waals surface area contributed by atoms with Gasteiger partial charge in [-0.3, -0.25) is 14.4 Å². The molecule has 1 atom stereocenters. The maximum Gasteiger partial charge on any atom is 0.306 e. The molecule has 0 saturated carbocycles. The molecule has 1 unspecified atom stereocenters. The lowest BCUT2D eigenvalue weighted by molar-refractivity contribution is -0.167. The Kier molecular flexibility index (Phi) is 48.5. The van der Waals surface area contributed by atoms with E-state index < -0.39 is 6.10 Å². The van der Waals surface area contributed by atoms with Crippen LogP contribution in [0, 0.1) is 0 Å². The lowest BCUT2D eigenvalue weighted by Crippen LogP contribution is -2.30. The minimum atomic E-state index is -0.783. The number of rotatable bonds is 46. The zero-order valence-electron chi connectivity index (χ0n) is 41.1. The molecule has 6 heteroatoms. The average Bonchev–Trinajstić information content (AvgIpc) is 3.28. The topological polar surface area (TPSA) is 78.9 Å². The van der Waals surface area contributed by atoms with Gasteiger partial charge in [0.1, 0.15) is 13.2 Å². The number of hydrogen-bond acceptors (Lipinski definition) is 6. The van der Waals surface area contributed by atoms with Gasteiger partial charge < -0.3 is 14.2 Å². The first kappa shape index (κ1) is 59.6. The zero-order valence-corrected chi connectivity index (χ0v) is 41.1. The third-order valence-corrected chi connectivity index (χ3v) is 10.9. The number of carbonyl (C=O) groups is 3. The fraction of sp³-hybridized carbons (Fsp3) is 0.702. The van der Waals surface area contributed by atoms with Crippen LogP contribution in [0.3, 0.4) is 0 Å². The van der Waals surface area contributed by atoms with Crippen molar-refractivity contribution in [1.82, 2.24) is 0 Å². The van der Waals surface area contributed by atoms with Crippen molar-refractivity contribution in [3.63, 3.8) is 0 Å². The summed E-state index contributed by atoms with van der Waals surface area (Å²) >= 11 is 0. The number of hydrogen-bond donors (Lipinski definition) is 0. The number of allylic oxidation sites excluding steroid dienone is 14. The van der Waals surface area contributed by atoms with Gasteiger partial charge in [0.2, 0.25) is 0 Å². The van der Waals surface area contributed by atoms with Crippen LogP contribution in [0.25, 0.3) is 0 Å². The highest BCUT2D eigenvalue weighted by Crippen LogP contribution is 2.14. The Bertz CT molecular complexity index is 1240. The first-order chi connectivity index (χ1) is 31.0. The molecule has 0 spiro atoms. The third kappa shape index (κ3) is 49.5. The third-order valence-electron chi connectivity index (χ3n) is 10.9. The van der Waals surface area contributed by atoms with E-state index in [0.717, 1.165) is 122 Å². The molecule has 6 nitrogen and oxygen atoms in total. The van der Waals surface area contributed by atoms with E-state index in [1.807, 2.05) is 0 Å². The maximum atomic E-state index is 12.7. The summed E-state index contributed by atoms with van der Waals surface area (Å²) in [6, 6.07) is 0. The Balaban J connectivity index is 4.20. The Morgan fingerprint density at radius 3 is 1.00 bits per heavy atom. The van der Waals surface area contributed by atoms with E-state index >= 15 is 0 Å². The summed E-state index contributed by atoms with van der Waals surface area (Å²) in [6.45, 7) is 6.39. The Morgan fingerprint density at radius 2 is 0.619 bits per heavy atom. The zero-order chi connectivity index (χ0) is 45.8. The molecule has 360 valence electrons. The van der Waals surface area contributed by atoms with E-state index in [1.54, 1.807) is 0 Å². The highest BCUT2D eigenvalue weighted by atomic mass is 16.6. The van der Waals surface area contributed by atoms with Crippen molar-refractivity contribution in [2.24, 2.45) is 0 Å². The highest BCUT2D eigenvalue weighted by molar-refractivity contribution is 5.71. The van der Waals surface area contributed by atoms with E-state index in [2.05, 4.69) is 106 Å². The van der Waals surface area contributed by atoms with Gasteiger partial charge in [-0.1, -0.05) is 209 Å². The normalized spacial score (nSPS) is 12.7. The SMILES string of the molecule is CC/C=C\C/C=C\C/C=C\C/C=C\CCCCCCCCCCC(=O)OCC(COC(=O)CCCCCCC)OC(=O)CCCCCCCC/C=C\C/C=C\C/C=C\CCCCC. The van der Waals surface area contributed by atoms with Gasteiger partial charge in [-0.15, -0.1) is 0 Å².